The van der Waals surface area contributed by atoms with Gasteiger partial charge >= 0.3 is 0 Å². The first-order valence-corrected chi connectivity index (χ1v) is 10.0. The molecule has 5 nitrogen and oxygen atoms in total. The van der Waals surface area contributed by atoms with Crippen molar-refractivity contribution < 1.29 is 23.8 Å². The van der Waals surface area contributed by atoms with Crippen molar-refractivity contribution in [3.8, 4) is 17.2 Å². The Morgan fingerprint density at radius 2 is 1.29 bits per heavy atom. The van der Waals surface area contributed by atoms with Gasteiger partial charge in [-0.05, 0) is 60.2 Å². The van der Waals surface area contributed by atoms with Gasteiger partial charge < -0.3 is 14.2 Å². The number of Topliss-reactive ketones (excluding diaryl/α,β-unsaturated/α-hetero) is 2. The van der Waals surface area contributed by atoms with Crippen LogP contribution in [0.4, 0.5) is 0 Å². The molecule has 3 aromatic carbocycles. The molecule has 160 valence electrons. The van der Waals surface area contributed by atoms with Gasteiger partial charge in [0.15, 0.2) is 11.6 Å². The van der Waals surface area contributed by atoms with Crippen molar-refractivity contribution in [1.29, 1.82) is 0 Å². The number of methoxy groups -OCH3 is 3. The maximum Gasteiger partial charge on any atom is 0.170 e. The molecule has 0 saturated carbocycles. The second-order valence-corrected chi connectivity index (χ2v) is 7.30. The Hall–Kier alpha value is -3.31. The van der Waals surface area contributed by atoms with Crippen molar-refractivity contribution in [2.24, 2.45) is 0 Å². The number of benzene rings is 3. The Morgan fingerprint density at radius 1 is 0.774 bits per heavy atom. The molecule has 1 atom stereocenters. The number of ketones is 2. The van der Waals surface area contributed by atoms with E-state index >= 15 is 0 Å². The summed E-state index contributed by atoms with van der Waals surface area (Å²) in [5, 5.41) is 0.287. The van der Waals surface area contributed by atoms with Gasteiger partial charge in [0.05, 0.1) is 32.3 Å². The van der Waals surface area contributed by atoms with Gasteiger partial charge in [0.2, 0.25) is 0 Å². The van der Waals surface area contributed by atoms with E-state index in [-0.39, 0.29) is 23.0 Å². The summed E-state index contributed by atoms with van der Waals surface area (Å²) < 4.78 is 15.5. The van der Waals surface area contributed by atoms with Crippen LogP contribution in [0.2, 0.25) is 5.02 Å². The minimum absolute atomic E-state index is 0.0246. The van der Waals surface area contributed by atoms with Crippen molar-refractivity contribution in [3.63, 3.8) is 0 Å². The fourth-order valence-electron chi connectivity index (χ4n) is 3.30. The predicted molar refractivity (Wildman–Crippen MR) is 120 cm³/mol. The van der Waals surface area contributed by atoms with Gasteiger partial charge in [-0.15, -0.1) is 0 Å². The van der Waals surface area contributed by atoms with E-state index in [0.29, 0.717) is 28.4 Å². The fourth-order valence-corrected chi connectivity index (χ4v) is 3.57. The molecule has 6 heteroatoms. The van der Waals surface area contributed by atoms with Crippen LogP contribution in [0.15, 0.2) is 66.7 Å². The largest absolute Gasteiger partial charge is 0.497 e. The zero-order valence-corrected chi connectivity index (χ0v) is 18.3. The number of ether oxygens (including phenoxy) is 3. The molecule has 0 amide bonds. The van der Waals surface area contributed by atoms with Crippen LogP contribution >= 0.6 is 11.6 Å². The molecule has 0 saturated heterocycles. The summed E-state index contributed by atoms with van der Waals surface area (Å²) in [5.74, 6) is 0.816. The summed E-state index contributed by atoms with van der Waals surface area (Å²) in [7, 11) is 4.67. The number of hydrogen-bond donors (Lipinski definition) is 0. The van der Waals surface area contributed by atoms with E-state index in [2.05, 4.69) is 0 Å². The normalized spacial score (nSPS) is 11.5. The highest BCUT2D eigenvalue weighted by atomic mass is 35.5. The van der Waals surface area contributed by atoms with Gasteiger partial charge in [-0.2, -0.15) is 0 Å². The summed E-state index contributed by atoms with van der Waals surface area (Å²) in [5.41, 5.74) is 1.57. The summed E-state index contributed by atoms with van der Waals surface area (Å²) in [4.78, 5) is 26.5. The van der Waals surface area contributed by atoms with Crippen molar-refractivity contribution in [2.75, 3.05) is 21.3 Å². The molecule has 31 heavy (non-hydrogen) atoms. The third-order valence-electron chi connectivity index (χ3n) is 5.08. The van der Waals surface area contributed by atoms with Gasteiger partial charge in [-0.1, -0.05) is 23.7 Å². The van der Waals surface area contributed by atoms with Crippen LogP contribution in [-0.2, 0) is 0 Å². The third kappa shape index (κ3) is 5.25. The number of carbonyl (C=O) groups excluding carboxylic acids is 2. The maximum absolute atomic E-state index is 13.4. The lowest BCUT2D eigenvalue weighted by Crippen LogP contribution is -2.17. The summed E-state index contributed by atoms with van der Waals surface area (Å²) in [6.07, 6.45) is -0.0246. The lowest BCUT2D eigenvalue weighted by molar-refractivity contribution is 0.0893. The molecule has 3 rings (SSSR count). The molecule has 0 bridgehead atoms. The Labute approximate surface area is 186 Å². The SMILES string of the molecule is COc1ccc(C(=O)C(CC(=O)c2ccc(OC)cc2Cl)c2ccc(OC)cc2)cc1. The molecule has 0 fully saturated rings. The lowest BCUT2D eigenvalue weighted by atomic mass is 9.85. The van der Waals surface area contributed by atoms with Crippen LogP contribution in [0.1, 0.15) is 38.6 Å². The van der Waals surface area contributed by atoms with E-state index in [4.69, 9.17) is 25.8 Å². The van der Waals surface area contributed by atoms with Crippen molar-refractivity contribution in [1.82, 2.24) is 0 Å². The van der Waals surface area contributed by atoms with E-state index in [1.165, 1.54) is 7.11 Å². The Balaban J connectivity index is 1.94. The molecule has 0 heterocycles. The smallest absolute Gasteiger partial charge is 0.170 e. The van der Waals surface area contributed by atoms with Crippen LogP contribution < -0.4 is 14.2 Å². The highest BCUT2D eigenvalue weighted by Gasteiger charge is 2.26. The van der Waals surface area contributed by atoms with Gasteiger partial charge in [0, 0.05) is 17.5 Å². The average molecular weight is 439 g/mol. The van der Waals surface area contributed by atoms with E-state index in [1.54, 1.807) is 80.9 Å². The molecule has 1 unspecified atom stereocenters. The second kappa shape index (κ2) is 10.1. The molecule has 0 aliphatic carbocycles. The number of carbonyl (C=O) groups is 2. The number of hydrogen-bond acceptors (Lipinski definition) is 5. The monoisotopic (exact) mass is 438 g/mol. The standard InChI is InChI=1S/C25H23ClO5/c1-29-18-8-4-16(5-9-18)22(25(28)17-6-10-19(30-2)11-7-17)15-24(27)21-13-12-20(31-3)14-23(21)26/h4-14,22H,15H2,1-3H3. The maximum atomic E-state index is 13.4. The highest BCUT2D eigenvalue weighted by molar-refractivity contribution is 6.34. The van der Waals surface area contributed by atoms with Crippen molar-refractivity contribution in [3.05, 3.63) is 88.4 Å². The summed E-state index contributed by atoms with van der Waals surface area (Å²) >= 11 is 6.29. The zero-order chi connectivity index (χ0) is 22.4. The van der Waals surface area contributed by atoms with Gasteiger partial charge in [-0.3, -0.25) is 9.59 Å². The van der Waals surface area contributed by atoms with Crippen molar-refractivity contribution >= 4 is 23.2 Å². The first-order valence-electron chi connectivity index (χ1n) is 9.65. The minimum atomic E-state index is -0.676. The molecule has 0 aliphatic heterocycles. The van der Waals surface area contributed by atoms with Crippen LogP contribution in [0.3, 0.4) is 0 Å². The average Bonchev–Trinajstić information content (AvgIpc) is 2.82. The predicted octanol–water partition coefficient (Wildman–Crippen LogP) is 5.61. The first kappa shape index (κ1) is 22.4. The molecule has 0 aromatic heterocycles. The first-order chi connectivity index (χ1) is 15.0. The minimum Gasteiger partial charge on any atom is -0.497 e. The van der Waals surface area contributed by atoms with E-state index in [0.717, 1.165) is 5.56 Å². The van der Waals surface area contributed by atoms with Crippen molar-refractivity contribution in [2.45, 2.75) is 12.3 Å². The molecule has 3 aromatic rings. The van der Waals surface area contributed by atoms with Crippen LogP contribution in [0.25, 0.3) is 0 Å². The topological polar surface area (TPSA) is 61.8 Å². The van der Waals surface area contributed by atoms with E-state index < -0.39 is 5.92 Å². The molecular weight excluding hydrogens is 416 g/mol. The summed E-state index contributed by atoms with van der Waals surface area (Å²) in [6, 6.07) is 18.9. The van der Waals surface area contributed by atoms with E-state index in [9.17, 15) is 9.59 Å². The quantitative estimate of drug-likeness (QED) is 0.406. The summed E-state index contributed by atoms with van der Waals surface area (Å²) in [6.45, 7) is 0. The lowest BCUT2D eigenvalue weighted by Gasteiger charge is -2.17. The molecule has 0 spiro atoms. The van der Waals surface area contributed by atoms with Gasteiger partial charge in [0.25, 0.3) is 0 Å². The van der Waals surface area contributed by atoms with Crippen LogP contribution in [-0.4, -0.2) is 32.9 Å². The van der Waals surface area contributed by atoms with Crippen LogP contribution in [0, 0.1) is 0 Å². The van der Waals surface area contributed by atoms with Gasteiger partial charge in [-0.25, -0.2) is 0 Å². The molecular formula is C25H23ClO5. The fraction of sp³-hybridized carbons (Fsp3) is 0.200. The van der Waals surface area contributed by atoms with E-state index in [1.807, 2.05) is 0 Å². The Kier molecular flexibility index (Phi) is 7.32. The van der Waals surface area contributed by atoms with Crippen LogP contribution in [0.5, 0.6) is 17.2 Å². The Morgan fingerprint density at radius 3 is 1.81 bits per heavy atom. The van der Waals surface area contributed by atoms with Gasteiger partial charge in [0.1, 0.15) is 17.2 Å². The number of halogens is 1. The number of rotatable bonds is 9. The Bertz CT molecular complexity index is 1060. The molecule has 0 N–H and O–H groups in total. The third-order valence-corrected chi connectivity index (χ3v) is 5.39. The molecule has 0 radical (unpaired) electrons. The second-order valence-electron chi connectivity index (χ2n) is 6.89. The zero-order valence-electron chi connectivity index (χ0n) is 17.6. The highest BCUT2D eigenvalue weighted by Crippen LogP contribution is 2.31. The molecule has 0 aliphatic rings.